The summed E-state index contributed by atoms with van der Waals surface area (Å²) in [5.74, 6) is 0. The summed E-state index contributed by atoms with van der Waals surface area (Å²) in [6, 6.07) is 0. The number of halogens is 2. The monoisotopic (exact) mass is 135 g/mol. The molecule has 1 aliphatic heterocycles. The van der Waals surface area contributed by atoms with Crippen molar-refractivity contribution in [2.45, 2.75) is 0 Å². The van der Waals surface area contributed by atoms with Crippen LogP contribution in [0.25, 0.3) is 0 Å². The maximum absolute atomic E-state index is 5.47. The van der Waals surface area contributed by atoms with Gasteiger partial charge in [-0.3, -0.25) is 4.99 Å². The van der Waals surface area contributed by atoms with Crippen molar-refractivity contribution >= 4 is 28.4 Å². The molecule has 0 unspecified atom stereocenters. The molecule has 1 rings (SSSR count). The van der Waals surface area contributed by atoms with Crippen LogP contribution in [-0.4, -0.2) is 11.7 Å². The molecular weight excluding hydrogens is 133 g/mol. The minimum atomic E-state index is 0.505. The third-order valence-electron chi connectivity index (χ3n) is 0.657. The van der Waals surface area contributed by atoms with Gasteiger partial charge in [-0.2, -0.15) is 0 Å². The molecule has 3 heteroatoms. The quantitative estimate of drug-likeness (QED) is 0.481. The Labute approximate surface area is 51.6 Å². The van der Waals surface area contributed by atoms with Gasteiger partial charge in [-0.25, -0.2) is 0 Å². The lowest BCUT2D eigenvalue weighted by molar-refractivity contribution is 1.27. The van der Waals surface area contributed by atoms with Gasteiger partial charge in [0.2, 0.25) is 0 Å². The average Bonchev–Trinajstić information content (AvgIpc) is 1.87. The summed E-state index contributed by atoms with van der Waals surface area (Å²) in [5, 5.41) is 1.22. The first-order chi connectivity index (χ1) is 3.29. The molecular formula is C4H3Cl2N. The van der Waals surface area contributed by atoms with Crippen LogP contribution in [0.5, 0.6) is 0 Å². The van der Waals surface area contributed by atoms with Crippen molar-refractivity contribution in [2.24, 2.45) is 4.99 Å². The standard InChI is InChI=1S/C4H3Cl2N/c5-3-1-4(6)7-2-3/h1H,2H2. The van der Waals surface area contributed by atoms with Crippen molar-refractivity contribution in [3.63, 3.8) is 0 Å². The van der Waals surface area contributed by atoms with E-state index >= 15 is 0 Å². The van der Waals surface area contributed by atoms with Crippen molar-refractivity contribution in [1.82, 2.24) is 0 Å². The van der Waals surface area contributed by atoms with E-state index in [1.807, 2.05) is 0 Å². The zero-order chi connectivity index (χ0) is 5.28. The summed E-state index contributed by atoms with van der Waals surface area (Å²) in [6.07, 6.45) is 1.64. The van der Waals surface area contributed by atoms with E-state index in [0.29, 0.717) is 16.7 Å². The van der Waals surface area contributed by atoms with Crippen LogP contribution in [0.3, 0.4) is 0 Å². The van der Waals surface area contributed by atoms with E-state index in [9.17, 15) is 0 Å². The fraction of sp³-hybridized carbons (Fsp3) is 0.250. The van der Waals surface area contributed by atoms with Crippen LogP contribution in [0.4, 0.5) is 0 Å². The molecule has 0 fully saturated rings. The SMILES string of the molecule is ClC1=CC(Cl)=NC1. The Morgan fingerprint density at radius 3 is 2.43 bits per heavy atom. The third-order valence-corrected chi connectivity index (χ3v) is 1.11. The number of rotatable bonds is 0. The zero-order valence-corrected chi connectivity index (χ0v) is 5.00. The van der Waals surface area contributed by atoms with E-state index in [1.165, 1.54) is 0 Å². The molecule has 0 aromatic carbocycles. The highest BCUT2D eigenvalue weighted by molar-refractivity contribution is 6.69. The van der Waals surface area contributed by atoms with Gasteiger partial charge in [0.25, 0.3) is 0 Å². The van der Waals surface area contributed by atoms with Crippen molar-refractivity contribution < 1.29 is 0 Å². The molecule has 0 atom stereocenters. The fourth-order valence-electron chi connectivity index (χ4n) is 0.372. The summed E-state index contributed by atoms with van der Waals surface area (Å²) in [4.78, 5) is 3.77. The van der Waals surface area contributed by atoms with Gasteiger partial charge in [0.1, 0.15) is 5.17 Å². The number of aliphatic imine (C=N–C) groups is 1. The van der Waals surface area contributed by atoms with E-state index in [-0.39, 0.29) is 0 Å². The number of nitrogens with zero attached hydrogens (tertiary/aromatic N) is 1. The molecule has 0 amide bonds. The second-order valence-corrected chi connectivity index (χ2v) is 2.10. The van der Waals surface area contributed by atoms with Gasteiger partial charge in [0.05, 0.1) is 6.54 Å². The molecule has 0 bridgehead atoms. The van der Waals surface area contributed by atoms with Crippen LogP contribution in [-0.2, 0) is 0 Å². The Hall–Kier alpha value is -0.0100. The normalized spacial score (nSPS) is 19.1. The maximum Gasteiger partial charge on any atom is 0.125 e. The molecule has 1 heterocycles. The smallest absolute Gasteiger partial charge is 0.125 e. The van der Waals surface area contributed by atoms with Gasteiger partial charge in [-0.15, -0.1) is 0 Å². The lowest BCUT2D eigenvalue weighted by atomic mass is 10.6. The molecule has 1 aliphatic rings. The van der Waals surface area contributed by atoms with E-state index in [1.54, 1.807) is 6.08 Å². The molecule has 38 valence electrons. The first-order valence-corrected chi connectivity index (χ1v) is 2.60. The Morgan fingerprint density at radius 2 is 2.29 bits per heavy atom. The van der Waals surface area contributed by atoms with E-state index in [4.69, 9.17) is 23.2 Å². The Morgan fingerprint density at radius 1 is 1.57 bits per heavy atom. The Bertz CT molecular complexity index is 137. The summed E-state index contributed by atoms with van der Waals surface area (Å²) in [5.41, 5.74) is 0. The number of allylic oxidation sites excluding steroid dienone is 1. The summed E-state index contributed by atoms with van der Waals surface area (Å²) < 4.78 is 0. The largest absolute Gasteiger partial charge is 0.267 e. The second kappa shape index (κ2) is 1.85. The molecule has 0 aromatic heterocycles. The van der Waals surface area contributed by atoms with Gasteiger partial charge >= 0.3 is 0 Å². The minimum absolute atomic E-state index is 0.505. The van der Waals surface area contributed by atoms with E-state index in [2.05, 4.69) is 4.99 Å². The average molecular weight is 136 g/mol. The van der Waals surface area contributed by atoms with Gasteiger partial charge < -0.3 is 0 Å². The number of hydrogen-bond acceptors (Lipinski definition) is 1. The summed E-state index contributed by atoms with van der Waals surface area (Å²) in [7, 11) is 0. The lowest BCUT2D eigenvalue weighted by Gasteiger charge is -1.74. The van der Waals surface area contributed by atoms with Gasteiger partial charge in [-0.1, -0.05) is 23.2 Å². The second-order valence-electron chi connectivity index (χ2n) is 1.23. The van der Waals surface area contributed by atoms with Gasteiger partial charge in [0, 0.05) is 5.03 Å². The molecule has 0 saturated heterocycles. The van der Waals surface area contributed by atoms with Gasteiger partial charge in [0.15, 0.2) is 0 Å². The Balaban J connectivity index is 2.69. The molecule has 0 spiro atoms. The Kier molecular flexibility index (Phi) is 1.35. The minimum Gasteiger partial charge on any atom is -0.267 e. The first-order valence-electron chi connectivity index (χ1n) is 1.85. The van der Waals surface area contributed by atoms with Crippen molar-refractivity contribution in [1.29, 1.82) is 0 Å². The van der Waals surface area contributed by atoms with Crippen LogP contribution in [0.1, 0.15) is 0 Å². The van der Waals surface area contributed by atoms with E-state index < -0.39 is 0 Å². The summed E-state index contributed by atoms with van der Waals surface area (Å²) in [6.45, 7) is 0.556. The fourth-order valence-corrected chi connectivity index (χ4v) is 0.782. The van der Waals surface area contributed by atoms with Crippen molar-refractivity contribution in [3.8, 4) is 0 Å². The predicted molar refractivity (Wildman–Crippen MR) is 32.1 cm³/mol. The van der Waals surface area contributed by atoms with Crippen LogP contribution in [0.2, 0.25) is 0 Å². The topological polar surface area (TPSA) is 12.4 Å². The zero-order valence-electron chi connectivity index (χ0n) is 3.49. The third kappa shape index (κ3) is 1.18. The van der Waals surface area contributed by atoms with Crippen LogP contribution < -0.4 is 0 Å². The molecule has 0 N–H and O–H groups in total. The lowest BCUT2D eigenvalue weighted by Crippen LogP contribution is -1.68. The van der Waals surface area contributed by atoms with Crippen LogP contribution in [0, 0.1) is 0 Å². The molecule has 0 aromatic rings. The van der Waals surface area contributed by atoms with Gasteiger partial charge in [-0.05, 0) is 6.08 Å². The molecule has 0 aliphatic carbocycles. The summed E-state index contributed by atoms with van der Waals surface area (Å²) >= 11 is 10.9. The molecule has 0 radical (unpaired) electrons. The highest BCUT2D eigenvalue weighted by Crippen LogP contribution is 2.10. The predicted octanol–water partition coefficient (Wildman–Crippen LogP) is 1.76. The van der Waals surface area contributed by atoms with Crippen molar-refractivity contribution in [3.05, 3.63) is 11.1 Å². The highest BCUT2D eigenvalue weighted by atomic mass is 35.5. The molecule has 1 nitrogen and oxygen atoms in total. The van der Waals surface area contributed by atoms with E-state index in [0.717, 1.165) is 0 Å². The number of hydrogen-bond donors (Lipinski definition) is 0. The maximum atomic E-state index is 5.47. The molecule has 7 heavy (non-hydrogen) atoms. The van der Waals surface area contributed by atoms with Crippen LogP contribution in [0.15, 0.2) is 16.1 Å². The first kappa shape index (κ1) is 5.13. The van der Waals surface area contributed by atoms with Crippen molar-refractivity contribution in [2.75, 3.05) is 6.54 Å². The molecule has 0 saturated carbocycles. The highest BCUT2D eigenvalue weighted by Gasteiger charge is 2.00. The van der Waals surface area contributed by atoms with Crippen LogP contribution >= 0.6 is 23.2 Å².